The monoisotopic (exact) mass is 388 g/mol. The molecule has 0 aliphatic carbocycles. The van der Waals surface area contributed by atoms with Crippen LogP contribution in [-0.4, -0.2) is 36.1 Å². The number of anilines is 2. The van der Waals surface area contributed by atoms with Gasteiger partial charge in [-0.15, -0.1) is 0 Å². The summed E-state index contributed by atoms with van der Waals surface area (Å²) in [6.07, 6.45) is 4.33. The van der Waals surface area contributed by atoms with Gasteiger partial charge < -0.3 is 15.0 Å². The molecular weight excluding hydrogens is 364 g/mol. The van der Waals surface area contributed by atoms with E-state index in [1.807, 2.05) is 30.3 Å². The number of hydrogen-bond acceptors (Lipinski definition) is 5. The number of hydrogen-bond donors (Lipinski definition) is 1. The molecule has 0 bridgehead atoms. The third-order valence-electron chi connectivity index (χ3n) is 5.13. The number of aromatic nitrogens is 2. The quantitative estimate of drug-likeness (QED) is 0.700. The number of aryl methyl sites for hydroxylation is 1. The summed E-state index contributed by atoms with van der Waals surface area (Å²) in [5, 5.41) is 2.95. The molecule has 2 aromatic carbocycles. The molecule has 4 rings (SSSR count). The first kappa shape index (κ1) is 18.9. The number of carbonyl (C=O) groups is 1. The summed E-state index contributed by atoms with van der Waals surface area (Å²) in [6, 6.07) is 18.0. The van der Waals surface area contributed by atoms with Crippen LogP contribution in [0.2, 0.25) is 0 Å². The predicted octanol–water partition coefficient (Wildman–Crippen LogP) is 3.54. The average molecular weight is 388 g/mol. The maximum Gasteiger partial charge on any atom is 0.270 e. The lowest BCUT2D eigenvalue weighted by molar-refractivity contribution is 0.0949. The second-order valence-electron chi connectivity index (χ2n) is 7.00. The molecule has 0 spiro atoms. The first-order chi connectivity index (χ1) is 14.2. The molecular formula is C23H24N4O2. The predicted molar refractivity (Wildman–Crippen MR) is 113 cm³/mol. The molecule has 3 aromatic rings. The lowest BCUT2D eigenvalue weighted by atomic mass is 10.0. The Hall–Kier alpha value is -3.41. The van der Waals surface area contributed by atoms with Crippen LogP contribution in [0, 0.1) is 0 Å². The molecule has 1 aromatic heterocycles. The molecule has 148 valence electrons. The van der Waals surface area contributed by atoms with Crippen molar-refractivity contribution >= 4 is 17.4 Å². The Bertz CT molecular complexity index is 988. The van der Waals surface area contributed by atoms with Crippen LogP contribution in [0.15, 0.2) is 60.9 Å². The zero-order valence-corrected chi connectivity index (χ0v) is 16.5. The third-order valence-corrected chi connectivity index (χ3v) is 5.13. The van der Waals surface area contributed by atoms with Crippen molar-refractivity contribution in [3.8, 4) is 5.75 Å². The summed E-state index contributed by atoms with van der Waals surface area (Å²) in [4.78, 5) is 23.3. The molecule has 0 radical (unpaired) electrons. The molecule has 6 heteroatoms. The molecule has 0 unspecified atom stereocenters. The second kappa shape index (κ2) is 8.73. The molecule has 2 heterocycles. The van der Waals surface area contributed by atoms with Crippen molar-refractivity contribution in [1.82, 2.24) is 15.3 Å². The zero-order valence-electron chi connectivity index (χ0n) is 16.5. The van der Waals surface area contributed by atoms with Crippen LogP contribution in [-0.2, 0) is 12.8 Å². The number of nitrogens with zero attached hydrogens (tertiary/aromatic N) is 3. The average Bonchev–Trinajstić information content (AvgIpc) is 2.79. The molecule has 0 saturated carbocycles. The van der Waals surface area contributed by atoms with Crippen LogP contribution in [0.1, 0.15) is 28.0 Å². The van der Waals surface area contributed by atoms with E-state index in [0.29, 0.717) is 12.2 Å². The van der Waals surface area contributed by atoms with Crippen LogP contribution in [0.25, 0.3) is 0 Å². The topological polar surface area (TPSA) is 67.3 Å². The van der Waals surface area contributed by atoms with Gasteiger partial charge in [0, 0.05) is 24.8 Å². The van der Waals surface area contributed by atoms with E-state index in [9.17, 15) is 4.79 Å². The summed E-state index contributed by atoms with van der Waals surface area (Å²) < 4.78 is 5.16. The molecule has 0 atom stereocenters. The highest BCUT2D eigenvalue weighted by atomic mass is 16.5. The molecule has 0 saturated heterocycles. The van der Waals surface area contributed by atoms with Gasteiger partial charge in [0.2, 0.25) is 0 Å². The standard InChI is InChI=1S/C23H24N4O2/c1-29-19-10-8-17(9-11-19)12-13-24-23(28)20-15-22(26-16-25-20)27-14-4-6-18-5-2-3-7-21(18)27/h2-3,5,7-11,15-16H,4,6,12-14H2,1H3,(H,24,28). The number of amides is 1. The minimum absolute atomic E-state index is 0.188. The zero-order chi connectivity index (χ0) is 20.1. The van der Waals surface area contributed by atoms with Gasteiger partial charge in [0.15, 0.2) is 0 Å². The Balaban J connectivity index is 1.41. The van der Waals surface area contributed by atoms with Gasteiger partial charge in [-0.05, 0) is 48.6 Å². The lowest BCUT2D eigenvalue weighted by Gasteiger charge is -2.30. The minimum Gasteiger partial charge on any atom is -0.497 e. The highest BCUT2D eigenvalue weighted by molar-refractivity contribution is 5.93. The summed E-state index contributed by atoms with van der Waals surface area (Å²) in [5.74, 6) is 1.39. The van der Waals surface area contributed by atoms with Gasteiger partial charge in [0.1, 0.15) is 23.6 Å². The number of carbonyl (C=O) groups excluding carboxylic acids is 1. The number of benzene rings is 2. The summed E-state index contributed by atoms with van der Waals surface area (Å²) in [6.45, 7) is 1.42. The van der Waals surface area contributed by atoms with Crippen LogP contribution >= 0.6 is 0 Å². The SMILES string of the molecule is COc1ccc(CCNC(=O)c2cc(N3CCCc4ccccc43)ncn2)cc1. The first-order valence-corrected chi connectivity index (χ1v) is 9.83. The number of para-hydroxylation sites is 1. The highest BCUT2D eigenvalue weighted by Crippen LogP contribution is 2.32. The number of nitrogens with one attached hydrogen (secondary N) is 1. The van der Waals surface area contributed by atoms with E-state index in [1.165, 1.54) is 11.9 Å². The Morgan fingerprint density at radius 1 is 1.14 bits per heavy atom. The normalized spacial score (nSPS) is 12.9. The van der Waals surface area contributed by atoms with Crippen LogP contribution in [0.5, 0.6) is 5.75 Å². The van der Waals surface area contributed by atoms with Crippen molar-refractivity contribution in [2.24, 2.45) is 0 Å². The highest BCUT2D eigenvalue weighted by Gasteiger charge is 2.20. The van der Waals surface area contributed by atoms with Crippen molar-refractivity contribution < 1.29 is 9.53 Å². The van der Waals surface area contributed by atoms with E-state index in [1.54, 1.807) is 13.2 Å². The van der Waals surface area contributed by atoms with E-state index >= 15 is 0 Å². The van der Waals surface area contributed by atoms with Gasteiger partial charge in [-0.1, -0.05) is 30.3 Å². The van der Waals surface area contributed by atoms with Gasteiger partial charge >= 0.3 is 0 Å². The van der Waals surface area contributed by atoms with Gasteiger partial charge in [-0.3, -0.25) is 4.79 Å². The fourth-order valence-corrected chi connectivity index (χ4v) is 3.59. The van der Waals surface area contributed by atoms with Crippen molar-refractivity contribution in [3.05, 3.63) is 77.7 Å². The van der Waals surface area contributed by atoms with Crippen molar-refractivity contribution in [2.45, 2.75) is 19.3 Å². The molecule has 1 amide bonds. The third kappa shape index (κ3) is 4.37. The van der Waals surface area contributed by atoms with Crippen LogP contribution in [0.4, 0.5) is 11.5 Å². The fourth-order valence-electron chi connectivity index (χ4n) is 3.59. The Morgan fingerprint density at radius 3 is 2.79 bits per heavy atom. The smallest absolute Gasteiger partial charge is 0.270 e. The van der Waals surface area contributed by atoms with Crippen LogP contribution < -0.4 is 15.0 Å². The molecule has 0 fully saturated rings. The van der Waals surface area contributed by atoms with Gasteiger partial charge in [-0.2, -0.15) is 0 Å². The number of rotatable bonds is 6. The molecule has 29 heavy (non-hydrogen) atoms. The van der Waals surface area contributed by atoms with Crippen molar-refractivity contribution in [1.29, 1.82) is 0 Å². The second-order valence-corrected chi connectivity index (χ2v) is 7.00. The minimum atomic E-state index is -0.188. The van der Waals surface area contributed by atoms with E-state index in [0.717, 1.165) is 48.6 Å². The van der Waals surface area contributed by atoms with Crippen LogP contribution in [0.3, 0.4) is 0 Å². The molecule has 1 aliphatic rings. The number of ether oxygens (including phenoxy) is 1. The number of fused-ring (bicyclic) bond motifs is 1. The summed E-state index contributed by atoms with van der Waals surface area (Å²) in [7, 11) is 1.65. The number of methoxy groups -OCH3 is 1. The summed E-state index contributed by atoms with van der Waals surface area (Å²) >= 11 is 0. The fraction of sp³-hybridized carbons (Fsp3) is 0.261. The molecule has 6 nitrogen and oxygen atoms in total. The Morgan fingerprint density at radius 2 is 1.97 bits per heavy atom. The van der Waals surface area contributed by atoms with Crippen molar-refractivity contribution in [3.63, 3.8) is 0 Å². The van der Waals surface area contributed by atoms with Gasteiger partial charge in [0.25, 0.3) is 5.91 Å². The van der Waals surface area contributed by atoms with Gasteiger partial charge in [-0.25, -0.2) is 9.97 Å². The largest absolute Gasteiger partial charge is 0.497 e. The first-order valence-electron chi connectivity index (χ1n) is 9.83. The van der Waals surface area contributed by atoms with E-state index in [4.69, 9.17) is 4.74 Å². The van der Waals surface area contributed by atoms with Gasteiger partial charge in [0.05, 0.1) is 7.11 Å². The molecule has 1 N–H and O–H groups in total. The van der Waals surface area contributed by atoms with E-state index in [-0.39, 0.29) is 5.91 Å². The lowest BCUT2D eigenvalue weighted by Crippen LogP contribution is -2.28. The van der Waals surface area contributed by atoms with E-state index in [2.05, 4.69) is 38.4 Å². The maximum atomic E-state index is 12.6. The van der Waals surface area contributed by atoms with Crippen molar-refractivity contribution in [2.75, 3.05) is 25.1 Å². The van der Waals surface area contributed by atoms with E-state index < -0.39 is 0 Å². The maximum absolute atomic E-state index is 12.6. The summed E-state index contributed by atoms with van der Waals surface area (Å²) in [5.41, 5.74) is 3.98. The Kier molecular flexibility index (Phi) is 5.70. The Labute approximate surface area is 170 Å². The molecule has 1 aliphatic heterocycles.